The minimum absolute atomic E-state index is 0.0609. The van der Waals surface area contributed by atoms with Crippen molar-refractivity contribution in [2.24, 2.45) is 0 Å². The standard InChI is InChI=1S/C17H15ClN2O4S/c1-10-15(16(11(2)20-10)17(21)24-3)8-14(9-19)25(22,23)13-6-4-12(18)5-7-13/h4-8,20H,1-3H3/b14-8-. The molecule has 1 aromatic heterocycles. The number of nitriles is 1. The summed E-state index contributed by atoms with van der Waals surface area (Å²) in [5.74, 6) is -0.616. The zero-order valence-corrected chi connectivity index (χ0v) is 15.3. The van der Waals surface area contributed by atoms with Crippen molar-refractivity contribution in [1.82, 2.24) is 4.98 Å². The third kappa shape index (κ3) is 3.60. The number of carbonyl (C=O) groups is 1. The molecule has 130 valence electrons. The fourth-order valence-electron chi connectivity index (χ4n) is 2.39. The van der Waals surface area contributed by atoms with E-state index in [1.165, 1.54) is 37.5 Å². The highest BCUT2D eigenvalue weighted by Gasteiger charge is 2.24. The molecule has 0 saturated heterocycles. The number of benzene rings is 1. The molecule has 2 rings (SSSR count). The number of ether oxygens (including phenoxy) is 1. The van der Waals surface area contributed by atoms with Crippen molar-refractivity contribution in [2.75, 3.05) is 7.11 Å². The lowest BCUT2D eigenvalue weighted by Gasteiger charge is -2.05. The lowest BCUT2D eigenvalue weighted by Crippen LogP contribution is -2.06. The number of esters is 1. The van der Waals surface area contributed by atoms with Gasteiger partial charge in [0.1, 0.15) is 11.0 Å². The van der Waals surface area contributed by atoms with Crippen molar-refractivity contribution < 1.29 is 17.9 Å². The van der Waals surface area contributed by atoms with E-state index < -0.39 is 20.7 Å². The van der Waals surface area contributed by atoms with E-state index in [0.29, 0.717) is 22.0 Å². The first kappa shape index (κ1) is 18.8. The second-order valence-corrected chi connectivity index (χ2v) is 7.59. The second kappa shape index (κ2) is 7.13. The molecule has 25 heavy (non-hydrogen) atoms. The van der Waals surface area contributed by atoms with Gasteiger partial charge in [-0.05, 0) is 44.2 Å². The molecule has 2 aromatic rings. The number of aromatic amines is 1. The molecule has 8 heteroatoms. The normalized spacial score (nSPS) is 11.9. The Morgan fingerprint density at radius 2 is 1.84 bits per heavy atom. The van der Waals surface area contributed by atoms with Crippen molar-refractivity contribution in [1.29, 1.82) is 5.26 Å². The van der Waals surface area contributed by atoms with Crippen LogP contribution in [0.2, 0.25) is 5.02 Å². The minimum atomic E-state index is -4.05. The fourth-order valence-corrected chi connectivity index (χ4v) is 3.66. The first-order chi connectivity index (χ1) is 11.7. The van der Waals surface area contributed by atoms with Gasteiger partial charge in [0.15, 0.2) is 0 Å². The first-order valence-electron chi connectivity index (χ1n) is 7.12. The summed E-state index contributed by atoms with van der Waals surface area (Å²) in [6.07, 6.45) is 1.18. The molecule has 0 atom stereocenters. The fraction of sp³-hybridized carbons (Fsp3) is 0.176. The van der Waals surface area contributed by atoms with Crippen LogP contribution in [0.15, 0.2) is 34.1 Å². The summed E-state index contributed by atoms with van der Waals surface area (Å²) in [6.45, 7) is 3.34. The summed E-state index contributed by atoms with van der Waals surface area (Å²) >= 11 is 5.77. The Kier molecular flexibility index (Phi) is 5.36. The topological polar surface area (TPSA) is 100 Å². The maximum Gasteiger partial charge on any atom is 0.340 e. The number of sulfone groups is 1. The summed E-state index contributed by atoms with van der Waals surface area (Å²) < 4.78 is 30.1. The van der Waals surface area contributed by atoms with E-state index in [-0.39, 0.29) is 10.5 Å². The number of hydrogen-bond acceptors (Lipinski definition) is 5. The van der Waals surface area contributed by atoms with Crippen LogP contribution >= 0.6 is 11.6 Å². The molecule has 0 amide bonds. The van der Waals surface area contributed by atoms with Gasteiger partial charge in [-0.3, -0.25) is 0 Å². The monoisotopic (exact) mass is 378 g/mol. The van der Waals surface area contributed by atoms with Crippen molar-refractivity contribution in [3.63, 3.8) is 0 Å². The van der Waals surface area contributed by atoms with Crippen LogP contribution in [-0.4, -0.2) is 26.5 Å². The van der Waals surface area contributed by atoms with Crippen LogP contribution in [0.25, 0.3) is 6.08 Å². The van der Waals surface area contributed by atoms with E-state index >= 15 is 0 Å². The Hall–Kier alpha value is -2.56. The van der Waals surface area contributed by atoms with Gasteiger partial charge in [-0.2, -0.15) is 5.26 Å². The van der Waals surface area contributed by atoms with Gasteiger partial charge < -0.3 is 9.72 Å². The highest BCUT2D eigenvalue weighted by atomic mass is 35.5. The van der Waals surface area contributed by atoms with Gasteiger partial charge in [-0.1, -0.05) is 11.6 Å². The molecule has 1 aromatic carbocycles. The summed E-state index contributed by atoms with van der Waals surface area (Å²) in [7, 11) is -2.82. The highest BCUT2D eigenvalue weighted by molar-refractivity contribution is 7.95. The van der Waals surface area contributed by atoms with Crippen molar-refractivity contribution in [2.45, 2.75) is 18.7 Å². The smallest absolute Gasteiger partial charge is 0.340 e. The molecule has 1 N–H and O–H groups in total. The number of H-pyrrole nitrogens is 1. The minimum Gasteiger partial charge on any atom is -0.465 e. The van der Waals surface area contributed by atoms with Crippen LogP contribution in [-0.2, 0) is 14.6 Å². The SMILES string of the molecule is COC(=O)c1c(C)[nH]c(C)c1/C=C(/C#N)S(=O)(=O)c1ccc(Cl)cc1. The van der Waals surface area contributed by atoms with Gasteiger partial charge >= 0.3 is 5.97 Å². The first-order valence-corrected chi connectivity index (χ1v) is 8.98. The number of aromatic nitrogens is 1. The molecule has 0 spiro atoms. The molecular weight excluding hydrogens is 364 g/mol. The molecule has 0 aliphatic carbocycles. The number of methoxy groups -OCH3 is 1. The lowest BCUT2D eigenvalue weighted by molar-refractivity contribution is 0.0600. The number of aryl methyl sites for hydroxylation is 2. The molecule has 0 fully saturated rings. The van der Waals surface area contributed by atoms with Crippen molar-refractivity contribution in [3.05, 3.63) is 56.7 Å². The van der Waals surface area contributed by atoms with Crippen LogP contribution < -0.4 is 0 Å². The van der Waals surface area contributed by atoms with Gasteiger partial charge in [-0.25, -0.2) is 13.2 Å². The van der Waals surface area contributed by atoms with Crippen molar-refractivity contribution >= 4 is 33.5 Å². The zero-order chi connectivity index (χ0) is 18.8. The van der Waals surface area contributed by atoms with E-state index in [0.717, 1.165) is 0 Å². The van der Waals surface area contributed by atoms with Crippen LogP contribution in [0.4, 0.5) is 0 Å². The van der Waals surface area contributed by atoms with Gasteiger partial charge in [0.05, 0.1) is 17.6 Å². The van der Waals surface area contributed by atoms with E-state index in [9.17, 15) is 18.5 Å². The number of carbonyl (C=O) groups excluding carboxylic acids is 1. The van der Waals surface area contributed by atoms with Crippen LogP contribution in [0, 0.1) is 25.2 Å². The molecule has 0 bridgehead atoms. The predicted octanol–water partition coefficient (Wildman–Crippen LogP) is 3.41. The summed E-state index contributed by atoms with van der Waals surface area (Å²) in [6, 6.07) is 7.19. The summed E-state index contributed by atoms with van der Waals surface area (Å²) in [4.78, 5) is 14.4. The third-order valence-corrected chi connectivity index (χ3v) is 5.54. The maximum atomic E-state index is 12.7. The lowest BCUT2D eigenvalue weighted by atomic mass is 10.1. The molecule has 0 unspecified atom stereocenters. The van der Waals surface area contributed by atoms with E-state index in [2.05, 4.69) is 4.98 Å². The van der Waals surface area contributed by atoms with Gasteiger partial charge in [-0.15, -0.1) is 0 Å². The summed E-state index contributed by atoms with van der Waals surface area (Å²) in [5, 5.41) is 9.75. The number of nitrogens with one attached hydrogen (secondary N) is 1. The van der Waals surface area contributed by atoms with Gasteiger partial charge in [0, 0.05) is 22.0 Å². The van der Waals surface area contributed by atoms with Crippen molar-refractivity contribution in [3.8, 4) is 6.07 Å². The number of nitrogens with zero attached hydrogens (tertiary/aromatic N) is 1. The molecular formula is C17H15ClN2O4S. The maximum absolute atomic E-state index is 12.7. The van der Waals surface area contributed by atoms with E-state index in [1.807, 2.05) is 0 Å². The van der Waals surface area contributed by atoms with Crippen LogP contribution in [0.5, 0.6) is 0 Å². The summed E-state index contributed by atoms with van der Waals surface area (Å²) in [5.41, 5.74) is 1.58. The Labute approximate surface area is 150 Å². The number of halogens is 1. The van der Waals surface area contributed by atoms with Gasteiger partial charge in [0.25, 0.3) is 0 Å². The number of rotatable bonds is 4. The van der Waals surface area contributed by atoms with E-state index in [1.54, 1.807) is 19.9 Å². The Balaban J connectivity index is 2.65. The quantitative estimate of drug-likeness (QED) is 0.649. The average Bonchev–Trinajstić information content (AvgIpc) is 2.85. The van der Waals surface area contributed by atoms with Crippen LogP contribution in [0.1, 0.15) is 27.3 Å². The van der Waals surface area contributed by atoms with Gasteiger partial charge in [0.2, 0.25) is 9.84 Å². The largest absolute Gasteiger partial charge is 0.465 e. The Morgan fingerprint density at radius 1 is 1.24 bits per heavy atom. The molecule has 1 heterocycles. The highest BCUT2D eigenvalue weighted by Crippen LogP contribution is 2.27. The molecule has 0 aliphatic rings. The molecule has 6 nitrogen and oxygen atoms in total. The molecule has 0 saturated carbocycles. The Morgan fingerprint density at radius 3 is 2.36 bits per heavy atom. The molecule has 0 radical (unpaired) electrons. The van der Waals surface area contributed by atoms with Crippen LogP contribution in [0.3, 0.4) is 0 Å². The molecule has 0 aliphatic heterocycles. The Bertz CT molecular complexity index is 997. The zero-order valence-electron chi connectivity index (χ0n) is 13.8. The predicted molar refractivity (Wildman–Crippen MR) is 93.8 cm³/mol. The number of hydrogen-bond donors (Lipinski definition) is 1. The number of allylic oxidation sites excluding steroid dienone is 1. The second-order valence-electron chi connectivity index (χ2n) is 5.23. The average molecular weight is 379 g/mol. The van der Waals surface area contributed by atoms with E-state index in [4.69, 9.17) is 16.3 Å². The third-order valence-electron chi connectivity index (χ3n) is 3.61.